The van der Waals surface area contributed by atoms with Gasteiger partial charge in [0.1, 0.15) is 0 Å². The summed E-state index contributed by atoms with van der Waals surface area (Å²) in [5.41, 5.74) is 5.19. The molecule has 4 nitrogen and oxygen atoms in total. The Labute approximate surface area is 197 Å². The van der Waals surface area contributed by atoms with Gasteiger partial charge in [-0.2, -0.15) is 0 Å². The summed E-state index contributed by atoms with van der Waals surface area (Å²) in [6.07, 6.45) is 16.9. The van der Waals surface area contributed by atoms with Crippen molar-refractivity contribution in [1.82, 2.24) is 0 Å². The number of rotatable bonds is 14. The lowest BCUT2D eigenvalue weighted by Gasteiger charge is -2.26. The van der Waals surface area contributed by atoms with Crippen molar-refractivity contribution in [2.75, 3.05) is 26.4 Å². The van der Waals surface area contributed by atoms with Gasteiger partial charge in [-0.05, 0) is 60.6 Å². The number of benzene rings is 1. The molecule has 0 atom stereocenters. The minimum absolute atomic E-state index is 0.226. The molecule has 2 fully saturated rings. The van der Waals surface area contributed by atoms with E-state index in [-0.39, 0.29) is 14.2 Å². The Bertz CT molecular complexity index is 587. The highest BCUT2D eigenvalue weighted by Gasteiger charge is 2.32. The Morgan fingerprint density at radius 3 is 1.31 bits per heavy atom. The van der Waals surface area contributed by atoms with Crippen molar-refractivity contribution in [2.24, 2.45) is 0 Å². The lowest BCUT2D eigenvalue weighted by Crippen LogP contribution is -2.47. The van der Waals surface area contributed by atoms with Crippen LogP contribution in [0.3, 0.4) is 0 Å². The predicted octanol–water partition coefficient (Wildman–Crippen LogP) is 4.98. The maximum atomic E-state index is 6.06. The van der Waals surface area contributed by atoms with Gasteiger partial charge in [0, 0.05) is 26.4 Å². The van der Waals surface area contributed by atoms with E-state index in [1.165, 1.54) is 86.3 Å². The number of aryl methyl sites for hydroxylation is 2. The van der Waals surface area contributed by atoms with Crippen molar-refractivity contribution in [3.05, 3.63) is 23.3 Å². The Balaban J connectivity index is 1.81. The highest BCUT2D eigenvalue weighted by molar-refractivity contribution is 6.64. The summed E-state index contributed by atoms with van der Waals surface area (Å²) in [6.45, 7) is 7.67. The van der Waals surface area contributed by atoms with E-state index in [0.717, 1.165) is 52.1 Å². The average molecular weight is 442 g/mol. The quantitative estimate of drug-likeness (QED) is 0.301. The molecule has 0 aromatic heterocycles. The molecule has 2 aliphatic rings. The highest BCUT2D eigenvalue weighted by atomic mass is 16.6. The van der Waals surface area contributed by atoms with E-state index < -0.39 is 0 Å². The molecular formula is C26H44B2O4. The van der Waals surface area contributed by atoms with Crippen LogP contribution in [0.25, 0.3) is 0 Å². The van der Waals surface area contributed by atoms with Crippen LogP contribution in [0.4, 0.5) is 0 Å². The molecule has 178 valence electrons. The average Bonchev–Trinajstić information content (AvgIpc) is 2.85. The normalized spacial score (nSPS) is 17.2. The van der Waals surface area contributed by atoms with E-state index in [2.05, 4.69) is 26.0 Å². The van der Waals surface area contributed by atoms with Gasteiger partial charge in [0.25, 0.3) is 0 Å². The van der Waals surface area contributed by atoms with E-state index in [0.29, 0.717) is 0 Å². The Kier molecular flexibility index (Phi) is 12.2. The second-order valence-electron chi connectivity index (χ2n) is 9.43. The molecule has 1 aromatic carbocycles. The molecule has 2 heterocycles. The van der Waals surface area contributed by atoms with Gasteiger partial charge in [0.2, 0.25) is 0 Å². The lowest BCUT2D eigenvalue weighted by molar-refractivity contribution is 0.142. The molecule has 0 spiro atoms. The third kappa shape index (κ3) is 8.20. The Morgan fingerprint density at radius 2 is 0.938 bits per heavy atom. The van der Waals surface area contributed by atoms with Crippen LogP contribution in [-0.4, -0.2) is 40.7 Å². The van der Waals surface area contributed by atoms with Crippen molar-refractivity contribution in [3.63, 3.8) is 0 Å². The number of hydrogen-bond acceptors (Lipinski definition) is 4. The highest BCUT2D eigenvalue weighted by Crippen LogP contribution is 2.16. The summed E-state index contributed by atoms with van der Waals surface area (Å²) in [5, 5.41) is 0. The molecule has 0 N–H and O–H groups in total. The standard InChI is InChI=1S/C26H44B2O4/c1-3-5-7-9-11-15-23-21-26(28-31-19-14-20-32-28)24(16-12-10-8-6-4-2)22-25(23)27-29-17-13-18-30-27/h21-22H,3-20H2,1-2H3. The zero-order chi connectivity index (χ0) is 22.4. The van der Waals surface area contributed by atoms with Crippen LogP contribution in [0.1, 0.15) is 102 Å². The maximum Gasteiger partial charge on any atom is 0.494 e. The monoisotopic (exact) mass is 442 g/mol. The van der Waals surface area contributed by atoms with Gasteiger partial charge < -0.3 is 18.6 Å². The van der Waals surface area contributed by atoms with Crippen molar-refractivity contribution in [2.45, 2.75) is 104 Å². The van der Waals surface area contributed by atoms with Gasteiger partial charge in [-0.3, -0.25) is 0 Å². The van der Waals surface area contributed by atoms with E-state index in [1.54, 1.807) is 0 Å². The van der Waals surface area contributed by atoms with Crippen LogP contribution in [0, 0.1) is 0 Å². The molecule has 0 bridgehead atoms. The third-order valence-corrected chi connectivity index (χ3v) is 6.66. The Hall–Kier alpha value is -0.810. The van der Waals surface area contributed by atoms with Gasteiger partial charge in [-0.1, -0.05) is 77.3 Å². The second kappa shape index (κ2) is 15.2. The van der Waals surface area contributed by atoms with Crippen LogP contribution in [0.5, 0.6) is 0 Å². The van der Waals surface area contributed by atoms with E-state index in [1.807, 2.05) is 0 Å². The summed E-state index contributed by atoms with van der Waals surface area (Å²) in [4.78, 5) is 0. The van der Waals surface area contributed by atoms with Crippen molar-refractivity contribution >= 4 is 25.2 Å². The summed E-state index contributed by atoms with van der Waals surface area (Å²) >= 11 is 0. The predicted molar refractivity (Wildman–Crippen MR) is 135 cm³/mol. The fraction of sp³-hybridized carbons (Fsp3) is 0.769. The van der Waals surface area contributed by atoms with Gasteiger partial charge in [-0.15, -0.1) is 0 Å². The van der Waals surface area contributed by atoms with Crippen LogP contribution in [0.2, 0.25) is 0 Å². The summed E-state index contributed by atoms with van der Waals surface area (Å²) in [7, 11) is -0.453. The second-order valence-corrected chi connectivity index (χ2v) is 9.43. The SMILES string of the molecule is CCCCCCCc1cc(B2OCCCO2)c(CCCCCCC)cc1B1OCCCO1. The van der Waals surface area contributed by atoms with Crippen molar-refractivity contribution in [3.8, 4) is 0 Å². The van der Waals surface area contributed by atoms with Gasteiger partial charge >= 0.3 is 14.2 Å². The van der Waals surface area contributed by atoms with Crippen LogP contribution in [-0.2, 0) is 31.5 Å². The maximum absolute atomic E-state index is 6.06. The third-order valence-electron chi connectivity index (χ3n) is 6.66. The minimum atomic E-state index is -0.226. The largest absolute Gasteiger partial charge is 0.494 e. The van der Waals surface area contributed by atoms with Crippen LogP contribution in [0.15, 0.2) is 12.1 Å². The molecule has 0 amide bonds. The number of hydrogen-bond donors (Lipinski definition) is 0. The molecule has 0 aliphatic carbocycles. The first-order chi connectivity index (χ1) is 15.8. The van der Waals surface area contributed by atoms with E-state index in [4.69, 9.17) is 18.6 Å². The summed E-state index contributed by atoms with van der Waals surface area (Å²) in [5.74, 6) is 0. The first kappa shape index (κ1) is 25.8. The molecule has 6 heteroatoms. The van der Waals surface area contributed by atoms with Crippen LogP contribution < -0.4 is 10.9 Å². The molecule has 3 rings (SSSR count). The first-order valence-electron chi connectivity index (χ1n) is 13.5. The van der Waals surface area contributed by atoms with Gasteiger partial charge in [-0.25, -0.2) is 0 Å². The lowest BCUT2D eigenvalue weighted by atomic mass is 9.67. The zero-order valence-electron chi connectivity index (χ0n) is 20.7. The molecule has 1 aromatic rings. The summed E-state index contributed by atoms with van der Waals surface area (Å²) < 4.78 is 24.3. The molecular weight excluding hydrogens is 398 g/mol. The summed E-state index contributed by atoms with van der Waals surface area (Å²) in [6, 6.07) is 4.74. The molecule has 0 unspecified atom stereocenters. The zero-order valence-corrected chi connectivity index (χ0v) is 20.7. The fourth-order valence-electron chi connectivity index (χ4n) is 4.77. The van der Waals surface area contributed by atoms with E-state index in [9.17, 15) is 0 Å². The molecule has 2 saturated heterocycles. The molecule has 32 heavy (non-hydrogen) atoms. The van der Waals surface area contributed by atoms with Gasteiger partial charge in [0.05, 0.1) is 0 Å². The Morgan fingerprint density at radius 1 is 0.562 bits per heavy atom. The molecule has 0 saturated carbocycles. The first-order valence-corrected chi connectivity index (χ1v) is 13.5. The fourth-order valence-corrected chi connectivity index (χ4v) is 4.77. The topological polar surface area (TPSA) is 36.9 Å². The minimum Gasteiger partial charge on any atom is -0.407 e. The molecule has 0 radical (unpaired) electrons. The van der Waals surface area contributed by atoms with Gasteiger partial charge in [0.15, 0.2) is 0 Å². The van der Waals surface area contributed by atoms with Crippen molar-refractivity contribution in [1.29, 1.82) is 0 Å². The van der Waals surface area contributed by atoms with Crippen LogP contribution >= 0.6 is 0 Å². The van der Waals surface area contributed by atoms with E-state index >= 15 is 0 Å². The molecule has 2 aliphatic heterocycles. The smallest absolute Gasteiger partial charge is 0.407 e. The number of unbranched alkanes of at least 4 members (excludes halogenated alkanes) is 8. The van der Waals surface area contributed by atoms with Crippen molar-refractivity contribution < 1.29 is 18.6 Å².